The third-order valence-corrected chi connectivity index (χ3v) is 3.99. The minimum absolute atomic E-state index is 0.258. The largest absolute Gasteiger partial charge is 0.370 e. The molecule has 0 unspecified atom stereocenters. The van der Waals surface area contributed by atoms with Crippen LogP contribution in [0.15, 0.2) is 6.07 Å². The van der Waals surface area contributed by atoms with Crippen LogP contribution in [0.1, 0.15) is 64.9 Å². The third-order valence-electron chi connectivity index (χ3n) is 3.99. The lowest BCUT2D eigenvalue weighted by molar-refractivity contribution is -0.0457. The molecule has 1 aromatic rings. The van der Waals surface area contributed by atoms with Crippen LogP contribution in [0.5, 0.6) is 0 Å². The van der Waals surface area contributed by atoms with E-state index in [1.165, 1.54) is 12.8 Å². The second kappa shape index (κ2) is 7.21. The molecule has 21 heavy (non-hydrogen) atoms. The molecule has 118 valence electrons. The lowest BCUT2D eigenvalue weighted by Gasteiger charge is -2.28. The Morgan fingerprint density at radius 2 is 1.95 bits per heavy atom. The Hall–Kier alpha value is -1.16. The maximum atomic E-state index is 6.12. The molecule has 2 rings (SSSR count). The Balaban J connectivity index is 2.37. The van der Waals surface area contributed by atoms with Crippen LogP contribution in [0.25, 0.3) is 0 Å². The molecule has 0 aromatic carbocycles. The van der Waals surface area contributed by atoms with Crippen LogP contribution >= 0.6 is 0 Å². The number of nitrogens with one attached hydrogen (secondary N) is 1. The van der Waals surface area contributed by atoms with Crippen LogP contribution in [0.3, 0.4) is 0 Å². The van der Waals surface area contributed by atoms with Crippen LogP contribution in [0, 0.1) is 5.92 Å². The summed E-state index contributed by atoms with van der Waals surface area (Å²) in [6, 6.07) is 2.08. The van der Waals surface area contributed by atoms with Crippen molar-refractivity contribution in [2.75, 3.05) is 18.5 Å². The number of aromatic nitrogens is 2. The van der Waals surface area contributed by atoms with Crippen LogP contribution < -0.4 is 5.32 Å². The van der Waals surface area contributed by atoms with E-state index >= 15 is 0 Å². The minimum Gasteiger partial charge on any atom is -0.370 e. The van der Waals surface area contributed by atoms with Gasteiger partial charge in [0, 0.05) is 24.9 Å². The van der Waals surface area contributed by atoms with Gasteiger partial charge in [0.25, 0.3) is 0 Å². The first kappa shape index (κ1) is 16.2. The fourth-order valence-corrected chi connectivity index (χ4v) is 3.15. The molecule has 1 N–H and O–H groups in total. The molecule has 0 aliphatic heterocycles. The maximum absolute atomic E-state index is 6.12. The second-order valence-electron chi connectivity index (χ2n) is 6.33. The monoisotopic (exact) mass is 291 g/mol. The number of rotatable bonds is 7. The Bertz CT molecular complexity index is 453. The summed E-state index contributed by atoms with van der Waals surface area (Å²) in [5, 5.41) is 3.34. The van der Waals surface area contributed by atoms with Crippen molar-refractivity contribution in [3.8, 4) is 0 Å². The van der Waals surface area contributed by atoms with Crippen molar-refractivity contribution in [2.24, 2.45) is 5.92 Å². The van der Waals surface area contributed by atoms with Crippen molar-refractivity contribution >= 4 is 5.82 Å². The first-order valence-corrected chi connectivity index (χ1v) is 8.36. The molecule has 1 aliphatic carbocycles. The highest BCUT2D eigenvalue weighted by Gasteiger charge is 2.39. The van der Waals surface area contributed by atoms with E-state index < -0.39 is 0 Å². The van der Waals surface area contributed by atoms with E-state index in [1.54, 1.807) is 0 Å². The van der Waals surface area contributed by atoms with E-state index in [9.17, 15) is 0 Å². The van der Waals surface area contributed by atoms with Gasteiger partial charge in [-0.3, -0.25) is 0 Å². The van der Waals surface area contributed by atoms with E-state index in [4.69, 9.17) is 14.7 Å². The number of hydrogen-bond donors (Lipinski definition) is 1. The summed E-state index contributed by atoms with van der Waals surface area (Å²) in [5.74, 6) is 2.41. The second-order valence-corrected chi connectivity index (χ2v) is 6.33. The minimum atomic E-state index is -0.258. The van der Waals surface area contributed by atoms with Crippen molar-refractivity contribution < 1.29 is 4.74 Å². The van der Waals surface area contributed by atoms with Gasteiger partial charge in [-0.15, -0.1) is 0 Å². The van der Waals surface area contributed by atoms with Gasteiger partial charge in [-0.25, -0.2) is 9.97 Å². The highest BCUT2D eigenvalue weighted by Crippen LogP contribution is 2.41. The lowest BCUT2D eigenvalue weighted by Crippen LogP contribution is -2.30. The van der Waals surface area contributed by atoms with Gasteiger partial charge < -0.3 is 10.1 Å². The molecule has 0 atom stereocenters. The zero-order valence-corrected chi connectivity index (χ0v) is 13.9. The molecule has 1 aliphatic rings. The molecule has 0 radical (unpaired) electrons. The van der Waals surface area contributed by atoms with Crippen LogP contribution in [0.2, 0.25) is 0 Å². The van der Waals surface area contributed by atoms with Gasteiger partial charge in [0.05, 0.1) is 0 Å². The first-order chi connectivity index (χ1) is 10.1. The quantitative estimate of drug-likeness (QED) is 0.827. The van der Waals surface area contributed by atoms with Crippen molar-refractivity contribution in [2.45, 2.75) is 65.4 Å². The summed E-state index contributed by atoms with van der Waals surface area (Å²) in [7, 11) is 0. The topological polar surface area (TPSA) is 47.0 Å². The van der Waals surface area contributed by atoms with E-state index in [0.717, 1.165) is 43.1 Å². The summed E-state index contributed by atoms with van der Waals surface area (Å²) >= 11 is 0. The third kappa shape index (κ3) is 3.94. The zero-order valence-electron chi connectivity index (χ0n) is 13.9. The SMILES string of the molecule is CCNc1cc(CC(C)C)nc(C2(OCC)CCCC2)n1. The Morgan fingerprint density at radius 3 is 2.52 bits per heavy atom. The summed E-state index contributed by atoms with van der Waals surface area (Å²) in [6.07, 6.45) is 5.47. The fraction of sp³-hybridized carbons (Fsp3) is 0.765. The smallest absolute Gasteiger partial charge is 0.162 e. The van der Waals surface area contributed by atoms with E-state index in [1.807, 2.05) is 0 Å². The molecule has 0 spiro atoms. The summed E-state index contributed by atoms with van der Waals surface area (Å²) in [5.41, 5.74) is 0.864. The molecule has 1 fully saturated rings. The molecule has 0 amide bonds. The molecule has 0 saturated heterocycles. The van der Waals surface area contributed by atoms with Gasteiger partial charge in [-0.05, 0) is 51.9 Å². The number of ether oxygens (including phenoxy) is 1. The van der Waals surface area contributed by atoms with Gasteiger partial charge >= 0.3 is 0 Å². The average molecular weight is 291 g/mol. The van der Waals surface area contributed by atoms with Crippen molar-refractivity contribution in [1.82, 2.24) is 9.97 Å². The molecule has 1 aromatic heterocycles. The van der Waals surface area contributed by atoms with Crippen molar-refractivity contribution in [3.05, 3.63) is 17.6 Å². The summed E-state index contributed by atoms with van der Waals surface area (Å²) in [4.78, 5) is 9.61. The van der Waals surface area contributed by atoms with Gasteiger partial charge in [0.15, 0.2) is 5.82 Å². The predicted molar refractivity (Wildman–Crippen MR) is 86.5 cm³/mol. The normalized spacial score (nSPS) is 17.4. The summed E-state index contributed by atoms with van der Waals surface area (Å²) in [6.45, 7) is 10.2. The zero-order chi connectivity index (χ0) is 15.3. The maximum Gasteiger partial charge on any atom is 0.162 e. The molecule has 4 nitrogen and oxygen atoms in total. The highest BCUT2D eigenvalue weighted by molar-refractivity contribution is 5.37. The highest BCUT2D eigenvalue weighted by atomic mass is 16.5. The Kier molecular flexibility index (Phi) is 5.57. The molecular weight excluding hydrogens is 262 g/mol. The summed E-state index contributed by atoms with van der Waals surface area (Å²) < 4.78 is 6.12. The first-order valence-electron chi connectivity index (χ1n) is 8.36. The van der Waals surface area contributed by atoms with E-state index in [2.05, 4.69) is 39.1 Å². The molecule has 4 heteroatoms. The number of hydrogen-bond acceptors (Lipinski definition) is 4. The molecular formula is C17H29N3O. The van der Waals surface area contributed by atoms with Gasteiger partial charge in [0.1, 0.15) is 11.4 Å². The van der Waals surface area contributed by atoms with Gasteiger partial charge in [-0.2, -0.15) is 0 Å². The van der Waals surface area contributed by atoms with Crippen LogP contribution in [-0.4, -0.2) is 23.1 Å². The lowest BCUT2D eigenvalue weighted by atomic mass is 10.00. The average Bonchev–Trinajstić information content (AvgIpc) is 2.88. The predicted octanol–water partition coefficient (Wildman–Crippen LogP) is 3.91. The van der Waals surface area contributed by atoms with Gasteiger partial charge in [-0.1, -0.05) is 13.8 Å². The van der Waals surface area contributed by atoms with E-state index in [0.29, 0.717) is 12.5 Å². The number of anilines is 1. The van der Waals surface area contributed by atoms with E-state index in [-0.39, 0.29) is 5.60 Å². The molecule has 0 bridgehead atoms. The van der Waals surface area contributed by atoms with Crippen molar-refractivity contribution in [3.63, 3.8) is 0 Å². The number of nitrogens with zero attached hydrogens (tertiary/aromatic N) is 2. The fourth-order valence-electron chi connectivity index (χ4n) is 3.15. The van der Waals surface area contributed by atoms with Crippen LogP contribution in [-0.2, 0) is 16.8 Å². The Labute approximate surface area is 128 Å². The van der Waals surface area contributed by atoms with Crippen molar-refractivity contribution in [1.29, 1.82) is 0 Å². The molecule has 1 saturated carbocycles. The molecule has 1 heterocycles. The standard InChI is InChI=1S/C17H29N3O/c1-5-18-15-12-14(11-13(3)4)19-16(20-15)17(21-6-2)9-7-8-10-17/h12-13H,5-11H2,1-4H3,(H,18,19,20). The van der Waals surface area contributed by atoms with Gasteiger partial charge in [0.2, 0.25) is 0 Å². The van der Waals surface area contributed by atoms with Crippen LogP contribution in [0.4, 0.5) is 5.82 Å². The Morgan fingerprint density at radius 1 is 1.24 bits per heavy atom.